The number of nitrogens with one attached hydrogen (secondary N) is 1. The third-order valence-electron chi connectivity index (χ3n) is 4.23. The van der Waals surface area contributed by atoms with Crippen LogP contribution in [0.3, 0.4) is 0 Å². The summed E-state index contributed by atoms with van der Waals surface area (Å²) in [6, 6.07) is 10.9. The van der Waals surface area contributed by atoms with Gasteiger partial charge in [0.05, 0.1) is 19.6 Å². The number of rotatable bonds is 3. The molecule has 1 N–H and O–H groups in total. The number of anilines is 1. The van der Waals surface area contributed by atoms with Gasteiger partial charge in [-0.1, -0.05) is 12.1 Å². The molecule has 0 fully saturated rings. The number of hydrogen-bond acceptors (Lipinski definition) is 4. The van der Waals surface area contributed by atoms with E-state index in [-0.39, 0.29) is 11.7 Å². The molecule has 0 unspecified atom stereocenters. The summed E-state index contributed by atoms with van der Waals surface area (Å²) in [7, 11) is 0. The highest BCUT2D eigenvalue weighted by atomic mass is 16.5. The van der Waals surface area contributed by atoms with Crippen LogP contribution in [0.2, 0.25) is 0 Å². The molecule has 2 aliphatic rings. The molecule has 5 nitrogen and oxygen atoms in total. The zero-order valence-electron chi connectivity index (χ0n) is 13.6. The fraction of sp³-hybridized carbons (Fsp3) is 0.200. The molecule has 0 saturated heterocycles. The fourth-order valence-corrected chi connectivity index (χ4v) is 2.99. The Morgan fingerprint density at radius 3 is 2.92 bits per heavy atom. The molecule has 2 aliphatic heterocycles. The van der Waals surface area contributed by atoms with E-state index < -0.39 is 0 Å². The Bertz CT molecular complexity index is 885. The third kappa shape index (κ3) is 3.13. The number of ketones is 1. The van der Waals surface area contributed by atoms with Crippen molar-refractivity contribution < 1.29 is 19.1 Å². The van der Waals surface area contributed by atoms with Gasteiger partial charge < -0.3 is 14.8 Å². The van der Waals surface area contributed by atoms with Gasteiger partial charge in [-0.25, -0.2) is 0 Å². The average Bonchev–Trinajstić information content (AvgIpc) is 2.82. The quantitative estimate of drug-likeness (QED) is 0.691. The lowest BCUT2D eigenvalue weighted by molar-refractivity contribution is -0.115. The fourth-order valence-electron chi connectivity index (χ4n) is 2.99. The molecule has 0 aromatic heterocycles. The van der Waals surface area contributed by atoms with Crippen LogP contribution in [0.25, 0.3) is 6.08 Å². The van der Waals surface area contributed by atoms with Crippen molar-refractivity contribution in [3.8, 4) is 11.5 Å². The SMILES string of the molecule is O=C1Cc2cc(C(=O)C=Cc3cccc4c3OCCCO4)ccc2N1. The minimum Gasteiger partial charge on any atom is -0.490 e. The predicted molar refractivity (Wildman–Crippen MR) is 94.2 cm³/mol. The van der Waals surface area contributed by atoms with Gasteiger partial charge in [0.1, 0.15) is 0 Å². The number of amides is 1. The Morgan fingerprint density at radius 2 is 2.00 bits per heavy atom. The van der Waals surface area contributed by atoms with E-state index in [1.54, 1.807) is 24.3 Å². The lowest BCUT2D eigenvalue weighted by atomic mass is 10.0. The molecular weight excluding hydrogens is 318 g/mol. The molecule has 0 bridgehead atoms. The van der Waals surface area contributed by atoms with E-state index >= 15 is 0 Å². The second-order valence-electron chi connectivity index (χ2n) is 6.02. The first-order valence-corrected chi connectivity index (χ1v) is 8.24. The standard InChI is InChI=1S/C20H17NO4/c22-17(14-5-7-16-15(11-14)12-19(23)21-16)8-6-13-3-1-4-18-20(13)25-10-2-9-24-18/h1,3-8,11H,2,9-10,12H2,(H,21,23). The Kier molecular flexibility index (Phi) is 3.98. The van der Waals surface area contributed by atoms with Crippen molar-refractivity contribution in [1.82, 2.24) is 0 Å². The summed E-state index contributed by atoms with van der Waals surface area (Å²) < 4.78 is 11.4. The summed E-state index contributed by atoms with van der Waals surface area (Å²) in [6.07, 6.45) is 4.42. The van der Waals surface area contributed by atoms with E-state index in [9.17, 15) is 9.59 Å². The van der Waals surface area contributed by atoms with E-state index in [1.165, 1.54) is 6.08 Å². The second kappa shape index (κ2) is 6.43. The molecular formula is C20H17NO4. The summed E-state index contributed by atoms with van der Waals surface area (Å²) >= 11 is 0. The van der Waals surface area contributed by atoms with Crippen molar-refractivity contribution in [2.75, 3.05) is 18.5 Å². The maximum absolute atomic E-state index is 12.5. The van der Waals surface area contributed by atoms with Gasteiger partial charge in [0, 0.05) is 23.2 Å². The highest BCUT2D eigenvalue weighted by Gasteiger charge is 2.18. The van der Waals surface area contributed by atoms with E-state index in [0.717, 1.165) is 23.2 Å². The average molecular weight is 335 g/mol. The predicted octanol–water partition coefficient (Wildman–Crippen LogP) is 3.24. The number of hydrogen-bond donors (Lipinski definition) is 1. The van der Waals surface area contributed by atoms with Gasteiger partial charge in [-0.2, -0.15) is 0 Å². The molecule has 0 saturated carbocycles. The summed E-state index contributed by atoms with van der Waals surface area (Å²) in [5, 5.41) is 2.76. The second-order valence-corrected chi connectivity index (χ2v) is 6.02. The largest absolute Gasteiger partial charge is 0.490 e. The number of ether oxygens (including phenoxy) is 2. The lowest BCUT2D eigenvalue weighted by Gasteiger charge is -2.09. The van der Waals surface area contributed by atoms with Crippen LogP contribution in [0.5, 0.6) is 11.5 Å². The molecule has 4 rings (SSSR count). The normalized spacial score (nSPS) is 15.6. The van der Waals surface area contributed by atoms with Crippen molar-refractivity contribution >= 4 is 23.5 Å². The molecule has 1 amide bonds. The summed E-state index contributed by atoms with van der Waals surface area (Å²) in [5.74, 6) is 1.22. The summed E-state index contributed by atoms with van der Waals surface area (Å²) in [4.78, 5) is 23.9. The molecule has 2 heterocycles. The number of fused-ring (bicyclic) bond motifs is 2. The van der Waals surface area contributed by atoms with Crippen LogP contribution >= 0.6 is 0 Å². The van der Waals surface area contributed by atoms with Crippen molar-refractivity contribution in [2.24, 2.45) is 0 Å². The van der Waals surface area contributed by atoms with Crippen LogP contribution in [0, 0.1) is 0 Å². The smallest absolute Gasteiger partial charge is 0.228 e. The third-order valence-corrected chi connectivity index (χ3v) is 4.23. The van der Waals surface area contributed by atoms with Gasteiger partial charge in [-0.05, 0) is 42.0 Å². The lowest BCUT2D eigenvalue weighted by Crippen LogP contribution is -2.03. The van der Waals surface area contributed by atoms with Gasteiger partial charge in [0.15, 0.2) is 17.3 Å². The molecule has 2 aromatic rings. The maximum atomic E-state index is 12.5. The van der Waals surface area contributed by atoms with E-state index in [1.807, 2.05) is 18.2 Å². The topological polar surface area (TPSA) is 64.6 Å². The minimum absolute atomic E-state index is 0.0423. The highest BCUT2D eigenvalue weighted by Crippen LogP contribution is 2.34. The van der Waals surface area contributed by atoms with Gasteiger partial charge in [-0.15, -0.1) is 0 Å². The minimum atomic E-state index is -0.116. The molecule has 0 aliphatic carbocycles. The first kappa shape index (κ1) is 15.4. The maximum Gasteiger partial charge on any atom is 0.228 e. The van der Waals surface area contributed by atoms with Crippen LogP contribution < -0.4 is 14.8 Å². The first-order chi connectivity index (χ1) is 12.2. The van der Waals surface area contributed by atoms with Crippen LogP contribution in [-0.2, 0) is 11.2 Å². The Balaban J connectivity index is 1.57. The van der Waals surface area contributed by atoms with Crippen molar-refractivity contribution in [3.05, 3.63) is 59.2 Å². The van der Waals surface area contributed by atoms with E-state index in [0.29, 0.717) is 36.7 Å². The molecule has 2 aromatic carbocycles. The van der Waals surface area contributed by atoms with Gasteiger partial charge in [-0.3, -0.25) is 9.59 Å². The highest BCUT2D eigenvalue weighted by molar-refractivity contribution is 6.08. The summed E-state index contributed by atoms with van der Waals surface area (Å²) in [6.45, 7) is 1.22. The Morgan fingerprint density at radius 1 is 1.12 bits per heavy atom. The van der Waals surface area contributed by atoms with Crippen LogP contribution in [0.1, 0.15) is 27.9 Å². The molecule has 126 valence electrons. The van der Waals surface area contributed by atoms with Crippen molar-refractivity contribution in [3.63, 3.8) is 0 Å². The number of carbonyl (C=O) groups excluding carboxylic acids is 2. The zero-order valence-corrected chi connectivity index (χ0v) is 13.6. The van der Waals surface area contributed by atoms with Crippen LogP contribution in [0.4, 0.5) is 5.69 Å². The molecule has 0 spiro atoms. The van der Waals surface area contributed by atoms with Gasteiger partial charge in [0.25, 0.3) is 0 Å². The van der Waals surface area contributed by atoms with Crippen LogP contribution in [0.15, 0.2) is 42.5 Å². The molecule has 5 heteroatoms. The van der Waals surface area contributed by atoms with Gasteiger partial charge >= 0.3 is 0 Å². The van der Waals surface area contributed by atoms with E-state index in [4.69, 9.17) is 9.47 Å². The number of allylic oxidation sites excluding steroid dienone is 1. The van der Waals surface area contributed by atoms with E-state index in [2.05, 4.69) is 5.32 Å². The number of para-hydroxylation sites is 1. The number of carbonyl (C=O) groups is 2. The van der Waals surface area contributed by atoms with Crippen LogP contribution in [-0.4, -0.2) is 24.9 Å². The van der Waals surface area contributed by atoms with Crippen molar-refractivity contribution in [2.45, 2.75) is 12.8 Å². The Hall–Kier alpha value is -3.08. The Labute approximate surface area is 145 Å². The molecule has 0 radical (unpaired) electrons. The summed E-state index contributed by atoms with van der Waals surface area (Å²) in [5.41, 5.74) is 3.01. The van der Waals surface area contributed by atoms with Crippen molar-refractivity contribution in [1.29, 1.82) is 0 Å². The number of benzene rings is 2. The monoisotopic (exact) mass is 335 g/mol. The van der Waals surface area contributed by atoms with Gasteiger partial charge in [0.2, 0.25) is 5.91 Å². The first-order valence-electron chi connectivity index (χ1n) is 8.24. The molecule has 0 atom stereocenters. The zero-order chi connectivity index (χ0) is 17.2. The molecule has 25 heavy (non-hydrogen) atoms.